The Morgan fingerprint density at radius 3 is 2.48 bits per heavy atom. The van der Waals surface area contributed by atoms with Crippen LogP contribution in [0.25, 0.3) is 0 Å². The maximum Gasteiger partial charge on any atom is 0.420 e. The number of halogens is 3. The molecule has 8 heteroatoms. The molecule has 0 saturated heterocycles. The molecule has 4 rings (SSSR count). The van der Waals surface area contributed by atoms with Gasteiger partial charge in [0, 0.05) is 17.4 Å². The van der Waals surface area contributed by atoms with Crippen LogP contribution in [-0.2, 0) is 16.4 Å². The quantitative estimate of drug-likeness (QED) is 0.625. The van der Waals surface area contributed by atoms with E-state index in [1.165, 1.54) is 0 Å². The summed E-state index contributed by atoms with van der Waals surface area (Å²) in [6.07, 6.45) is -2.80. The Balaban J connectivity index is 1.75. The molecular weight excluding hydrogens is 405 g/mol. The van der Waals surface area contributed by atoms with Crippen LogP contribution in [0.15, 0.2) is 54.7 Å². The number of nitrogens with zero attached hydrogens (tertiary/aromatic N) is 2. The number of hydrogen-bond donors (Lipinski definition) is 2. The molecule has 0 spiro atoms. The van der Waals surface area contributed by atoms with E-state index in [-0.39, 0.29) is 5.95 Å². The molecular formula is C23H16F3N4O. The highest BCUT2D eigenvalue weighted by molar-refractivity contribution is 5.90. The molecule has 0 bridgehead atoms. The van der Waals surface area contributed by atoms with Gasteiger partial charge in [0.05, 0.1) is 5.41 Å². The third-order valence-corrected chi connectivity index (χ3v) is 5.05. The Kier molecular flexibility index (Phi) is 5.11. The van der Waals surface area contributed by atoms with Gasteiger partial charge in [0.25, 0.3) is 0 Å². The molecule has 1 fully saturated rings. The first-order chi connectivity index (χ1) is 14.8. The lowest BCUT2D eigenvalue weighted by molar-refractivity contribution is -0.138. The third-order valence-electron chi connectivity index (χ3n) is 5.05. The summed E-state index contributed by atoms with van der Waals surface area (Å²) in [5.41, 5.74) is 4.90. The van der Waals surface area contributed by atoms with Gasteiger partial charge in [-0.1, -0.05) is 36.3 Å². The van der Waals surface area contributed by atoms with Crippen LogP contribution in [0.3, 0.4) is 0 Å². The van der Waals surface area contributed by atoms with E-state index in [1.807, 2.05) is 0 Å². The number of rotatable bonds is 4. The van der Waals surface area contributed by atoms with Crippen molar-refractivity contribution < 1.29 is 18.0 Å². The Labute approximate surface area is 176 Å². The number of hydrogen-bond acceptors (Lipinski definition) is 4. The third kappa shape index (κ3) is 4.21. The molecule has 0 unspecified atom stereocenters. The fraction of sp³-hybridized carbons (Fsp3) is 0.174. The van der Waals surface area contributed by atoms with Gasteiger partial charge in [-0.2, -0.15) is 13.2 Å². The lowest BCUT2D eigenvalue weighted by atomic mass is 9.91. The number of carbonyl (C=O) groups excluding carboxylic acids is 1. The van der Waals surface area contributed by atoms with E-state index >= 15 is 0 Å². The maximum absolute atomic E-state index is 13.5. The van der Waals surface area contributed by atoms with Crippen LogP contribution < -0.4 is 11.1 Å². The van der Waals surface area contributed by atoms with Crippen LogP contribution in [-0.4, -0.2) is 15.9 Å². The lowest BCUT2D eigenvalue weighted by Crippen LogP contribution is -2.29. The van der Waals surface area contributed by atoms with Gasteiger partial charge in [-0.3, -0.25) is 4.79 Å². The Hall–Kier alpha value is -3.86. The largest absolute Gasteiger partial charge is 0.420 e. The molecule has 3 N–H and O–H groups in total. The highest BCUT2D eigenvalue weighted by Gasteiger charge is 2.51. The molecule has 2 aromatic carbocycles. The van der Waals surface area contributed by atoms with E-state index in [0.29, 0.717) is 35.9 Å². The van der Waals surface area contributed by atoms with Crippen molar-refractivity contribution in [2.24, 2.45) is 5.73 Å². The Bertz CT molecular complexity index is 1190. The lowest BCUT2D eigenvalue weighted by Gasteiger charge is -2.13. The summed E-state index contributed by atoms with van der Waals surface area (Å²) >= 11 is 0. The van der Waals surface area contributed by atoms with Gasteiger partial charge in [0.15, 0.2) is 0 Å². The van der Waals surface area contributed by atoms with Crippen LogP contribution in [0.2, 0.25) is 0 Å². The minimum atomic E-state index is -4.67. The number of nitrogens with two attached hydrogens (primary N) is 1. The van der Waals surface area contributed by atoms with E-state index in [4.69, 9.17) is 5.73 Å². The first kappa shape index (κ1) is 20.4. The van der Waals surface area contributed by atoms with Gasteiger partial charge < -0.3 is 11.1 Å². The summed E-state index contributed by atoms with van der Waals surface area (Å²) in [6.45, 7) is 0. The predicted octanol–water partition coefficient (Wildman–Crippen LogP) is 3.96. The number of alkyl halides is 3. The molecule has 1 aliphatic rings. The van der Waals surface area contributed by atoms with Gasteiger partial charge in [-0.05, 0) is 48.6 Å². The molecule has 0 aliphatic heterocycles. The van der Waals surface area contributed by atoms with Gasteiger partial charge >= 0.3 is 6.18 Å². The van der Waals surface area contributed by atoms with Crippen molar-refractivity contribution in [2.45, 2.75) is 24.4 Å². The van der Waals surface area contributed by atoms with E-state index in [1.54, 1.807) is 48.5 Å². The zero-order chi connectivity index (χ0) is 22.1. The number of primary amides is 1. The van der Waals surface area contributed by atoms with Gasteiger partial charge in [0.2, 0.25) is 11.9 Å². The van der Waals surface area contributed by atoms with Crippen LogP contribution in [0.4, 0.5) is 24.8 Å². The zero-order valence-corrected chi connectivity index (χ0v) is 16.1. The molecule has 1 saturated carbocycles. The summed E-state index contributed by atoms with van der Waals surface area (Å²) < 4.78 is 40.5. The minimum Gasteiger partial charge on any atom is -0.369 e. The molecule has 1 aromatic heterocycles. The fourth-order valence-electron chi connectivity index (χ4n) is 3.25. The van der Waals surface area contributed by atoms with Crippen molar-refractivity contribution in [3.05, 3.63) is 83.2 Å². The standard InChI is InChI=1S/C23H16F3N4O/c24-23(25,26)18-14-28-21(29-16-7-2-1-3-8-16)30-19(18)11-10-15-6-4-5-9-17(15)22(12-13-22)20(27)31/h2-9,14H,12-13H2,(H2,27,31)(H,28,29,30). The number of benzene rings is 2. The summed E-state index contributed by atoms with van der Waals surface area (Å²) in [6, 6.07) is 16.3. The molecule has 155 valence electrons. The molecule has 31 heavy (non-hydrogen) atoms. The van der Waals surface area contributed by atoms with Crippen LogP contribution >= 0.6 is 0 Å². The number of aromatic nitrogens is 2. The summed E-state index contributed by atoms with van der Waals surface area (Å²) in [7, 11) is 0. The molecule has 1 heterocycles. The maximum atomic E-state index is 13.5. The average molecular weight is 421 g/mol. The highest BCUT2D eigenvalue weighted by atomic mass is 19.4. The van der Waals surface area contributed by atoms with Crippen LogP contribution in [0, 0.1) is 17.9 Å². The van der Waals surface area contributed by atoms with Crippen LogP contribution in [0.1, 0.15) is 35.2 Å². The van der Waals surface area contributed by atoms with Gasteiger partial charge in [-0.15, -0.1) is 0 Å². The number of anilines is 2. The molecule has 1 aliphatic carbocycles. The monoisotopic (exact) mass is 421 g/mol. The van der Waals surface area contributed by atoms with E-state index in [0.717, 1.165) is 0 Å². The van der Waals surface area contributed by atoms with Crippen molar-refractivity contribution >= 4 is 17.5 Å². The number of carbonyl (C=O) groups is 1. The SMILES string of the molecule is NC(=O)C1(c2ccccc2C#Cc2nc(Nc3cc[c]cc3)ncc2C(F)(F)F)CC1. The fourth-order valence-corrected chi connectivity index (χ4v) is 3.25. The highest BCUT2D eigenvalue weighted by Crippen LogP contribution is 2.49. The second kappa shape index (κ2) is 7.76. The zero-order valence-electron chi connectivity index (χ0n) is 16.1. The van der Waals surface area contributed by atoms with E-state index < -0.39 is 28.8 Å². The molecule has 5 nitrogen and oxygen atoms in total. The summed E-state index contributed by atoms with van der Waals surface area (Å²) in [5, 5.41) is 2.84. The molecule has 0 atom stereocenters. The molecule has 1 radical (unpaired) electrons. The van der Waals surface area contributed by atoms with Crippen LogP contribution in [0.5, 0.6) is 0 Å². The van der Waals surface area contributed by atoms with Crippen molar-refractivity contribution in [1.82, 2.24) is 9.97 Å². The number of amides is 1. The van der Waals surface area contributed by atoms with Crippen molar-refractivity contribution in [2.75, 3.05) is 5.32 Å². The predicted molar refractivity (Wildman–Crippen MR) is 108 cm³/mol. The Morgan fingerprint density at radius 1 is 1.13 bits per heavy atom. The topological polar surface area (TPSA) is 80.9 Å². The first-order valence-electron chi connectivity index (χ1n) is 9.38. The van der Waals surface area contributed by atoms with Crippen molar-refractivity contribution in [1.29, 1.82) is 0 Å². The normalized spacial score (nSPS) is 14.3. The Morgan fingerprint density at radius 2 is 1.84 bits per heavy atom. The smallest absolute Gasteiger partial charge is 0.369 e. The molecule has 1 amide bonds. The summed E-state index contributed by atoms with van der Waals surface area (Å²) in [5.74, 6) is 4.79. The van der Waals surface area contributed by atoms with E-state index in [9.17, 15) is 18.0 Å². The average Bonchev–Trinajstić information content (AvgIpc) is 3.55. The first-order valence-corrected chi connectivity index (χ1v) is 9.38. The van der Waals surface area contributed by atoms with Gasteiger partial charge in [-0.25, -0.2) is 9.97 Å². The minimum absolute atomic E-state index is 0.0208. The number of nitrogens with one attached hydrogen (secondary N) is 1. The van der Waals surface area contributed by atoms with E-state index in [2.05, 4.69) is 33.2 Å². The second-order valence-electron chi connectivity index (χ2n) is 7.11. The van der Waals surface area contributed by atoms with Crippen molar-refractivity contribution in [3.8, 4) is 11.8 Å². The second-order valence-corrected chi connectivity index (χ2v) is 7.11. The summed E-state index contributed by atoms with van der Waals surface area (Å²) in [4.78, 5) is 19.6. The van der Waals surface area contributed by atoms with Gasteiger partial charge in [0.1, 0.15) is 11.3 Å². The van der Waals surface area contributed by atoms with Crippen molar-refractivity contribution in [3.63, 3.8) is 0 Å². The molecule has 3 aromatic rings.